The molecule has 0 saturated carbocycles. The summed E-state index contributed by atoms with van der Waals surface area (Å²) in [7, 11) is 0. The van der Waals surface area contributed by atoms with E-state index >= 15 is 0 Å². The largest absolute Gasteiger partial charge is 0.312 e. The molecule has 2 rings (SSSR count). The van der Waals surface area contributed by atoms with Gasteiger partial charge >= 0.3 is 0 Å². The van der Waals surface area contributed by atoms with Crippen molar-refractivity contribution >= 4 is 17.3 Å². The Morgan fingerprint density at radius 1 is 1.42 bits per heavy atom. The zero-order valence-corrected chi connectivity index (χ0v) is 11.4. The minimum atomic E-state index is -0.449. The Kier molecular flexibility index (Phi) is 4.93. The van der Waals surface area contributed by atoms with Crippen molar-refractivity contribution < 1.29 is 4.92 Å². The molecule has 0 bridgehead atoms. The highest BCUT2D eigenvalue weighted by atomic mass is 35.5. The molecule has 0 heterocycles. The van der Waals surface area contributed by atoms with Gasteiger partial charge in [0.05, 0.1) is 4.92 Å². The third-order valence-corrected chi connectivity index (χ3v) is 3.61. The Balaban J connectivity index is 1.82. The zero-order valence-electron chi connectivity index (χ0n) is 10.7. The first-order valence-corrected chi connectivity index (χ1v) is 6.86. The van der Waals surface area contributed by atoms with Gasteiger partial charge in [-0.3, -0.25) is 10.1 Å². The maximum Gasteiger partial charge on any atom is 0.288 e. The Morgan fingerprint density at radius 3 is 2.95 bits per heavy atom. The first-order chi connectivity index (χ1) is 9.16. The average Bonchev–Trinajstić information content (AvgIpc) is 2.89. The van der Waals surface area contributed by atoms with Crippen LogP contribution in [0.25, 0.3) is 0 Å². The molecule has 102 valence electrons. The molecular weight excluding hydrogens is 264 g/mol. The van der Waals surface area contributed by atoms with Gasteiger partial charge in [-0.15, -0.1) is 0 Å². The van der Waals surface area contributed by atoms with Gasteiger partial charge in [0.1, 0.15) is 5.02 Å². The Hall–Kier alpha value is -1.39. The van der Waals surface area contributed by atoms with Gasteiger partial charge in [0.15, 0.2) is 0 Å². The summed E-state index contributed by atoms with van der Waals surface area (Å²) in [5.41, 5.74) is 2.38. The smallest absolute Gasteiger partial charge is 0.288 e. The number of nitro groups is 1. The molecule has 5 heteroatoms. The summed E-state index contributed by atoms with van der Waals surface area (Å²) in [5.74, 6) is 0. The quantitative estimate of drug-likeness (QED) is 0.373. The lowest BCUT2D eigenvalue weighted by Gasteiger charge is -2.06. The summed E-state index contributed by atoms with van der Waals surface area (Å²) >= 11 is 5.77. The zero-order chi connectivity index (χ0) is 13.7. The van der Waals surface area contributed by atoms with Gasteiger partial charge in [0.25, 0.3) is 5.69 Å². The van der Waals surface area contributed by atoms with Gasteiger partial charge in [0, 0.05) is 12.6 Å². The molecule has 1 aliphatic rings. The fourth-order valence-electron chi connectivity index (χ4n) is 2.25. The molecule has 4 nitrogen and oxygen atoms in total. The van der Waals surface area contributed by atoms with Crippen molar-refractivity contribution in [2.75, 3.05) is 6.54 Å². The predicted octanol–water partition coefficient (Wildman–Crippen LogP) is 3.84. The van der Waals surface area contributed by atoms with Crippen LogP contribution in [0.4, 0.5) is 5.69 Å². The third kappa shape index (κ3) is 4.04. The van der Waals surface area contributed by atoms with Gasteiger partial charge in [-0.05, 0) is 43.9 Å². The van der Waals surface area contributed by atoms with E-state index in [1.54, 1.807) is 6.07 Å². The lowest BCUT2D eigenvalue weighted by atomic mass is 10.1. The number of nitrogens with one attached hydrogen (secondary N) is 1. The van der Waals surface area contributed by atoms with Crippen molar-refractivity contribution in [1.82, 2.24) is 5.32 Å². The number of halogens is 1. The monoisotopic (exact) mass is 280 g/mol. The molecule has 0 radical (unpaired) electrons. The second-order valence-electron chi connectivity index (χ2n) is 4.72. The molecule has 0 atom stereocenters. The van der Waals surface area contributed by atoms with Crippen LogP contribution in [0.5, 0.6) is 0 Å². The van der Waals surface area contributed by atoms with Crippen LogP contribution >= 0.6 is 11.6 Å². The van der Waals surface area contributed by atoms with Crippen molar-refractivity contribution in [2.45, 2.75) is 32.2 Å². The van der Waals surface area contributed by atoms with Gasteiger partial charge in [0.2, 0.25) is 0 Å². The molecule has 0 saturated heterocycles. The molecule has 0 aromatic heterocycles. The first kappa shape index (κ1) is 14.0. The molecule has 0 amide bonds. The Bertz CT molecular complexity index is 500. The van der Waals surface area contributed by atoms with Gasteiger partial charge in [-0.1, -0.05) is 29.3 Å². The average molecular weight is 281 g/mol. The SMILES string of the molecule is O=[N+]([O-])c1cc(CNCCC2=CCCC2)ccc1Cl. The minimum Gasteiger partial charge on any atom is -0.312 e. The van der Waals surface area contributed by atoms with Gasteiger partial charge in [-0.25, -0.2) is 0 Å². The maximum atomic E-state index is 10.8. The maximum absolute atomic E-state index is 10.8. The van der Waals surface area contributed by atoms with Crippen LogP contribution in [0, 0.1) is 10.1 Å². The van der Waals surface area contributed by atoms with E-state index in [4.69, 9.17) is 11.6 Å². The van der Waals surface area contributed by atoms with Crippen molar-refractivity contribution in [3.63, 3.8) is 0 Å². The number of nitro benzene ring substituents is 1. The third-order valence-electron chi connectivity index (χ3n) is 3.29. The van der Waals surface area contributed by atoms with Crippen molar-refractivity contribution in [3.05, 3.63) is 50.5 Å². The van der Waals surface area contributed by atoms with E-state index in [-0.39, 0.29) is 10.7 Å². The molecule has 0 aliphatic heterocycles. The van der Waals surface area contributed by atoms with E-state index in [1.165, 1.54) is 30.9 Å². The number of rotatable bonds is 6. The van der Waals surface area contributed by atoms with Gasteiger partial charge in [-0.2, -0.15) is 0 Å². The lowest BCUT2D eigenvalue weighted by Crippen LogP contribution is -2.15. The van der Waals surface area contributed by atoms with E-state index in [0.29, 0.717) is 6.54 Å². The van der Waals surface area contributed by atoms with Crippen molar-refractivity contribution in [2.24, 2.45) is 0 Å². The van der Waals surface area contributed by atoms with Crippen molar-refractivity contribution in [1.29, 1.82) is 0 Å². The number of nitrogens with zero attached hydrogens (tertiary/aromatic N) is 1. The fourth-order valence-corrected chi connectivity index (χ4v) is 2.44. The molecule has 1 N–H and O–H groups in total. The molecular formula is C14H17ClN2O2. The summed E-state index contributed by atoms with van der Waals surface area (Å²) in [4.78, 5) is 10.3. The topological polar surface area (TPSA) is 55.2 Å². The van der Waals surface area contributed by atoms with Crippen molar-refractivity contribution in [3.8, 4) is 0 Å². The summed E-state index contributed by atoms with van der Waals surface area (Å²) in [6.07, 6.45) is 7.08. The minimum absolute atomic E-state index is 0.0283. The summed E-state index contributed by atoms with van der Waals surface area (Å²) < 4.78 is 0. The highest BCUT2D eigenvalue weighted by Gasteiger charge is 2.12. The second-order valence-corrected chi connectivity index (χ2v) is 5.13. The molecule has 1 aromatic carbocycles. The summed E-state index contributed by atoms with van der Waals surface area (Å²) in [6, 6.07) is 4.93. The highest BCUT2D eigenvalue weighted by Crippen LogP contribution is 2.25. The second kappa shape index (κ2) is 6.68. The molecule has 0 unspecified atom stereocenters. The lowest BCUT2D eigenvalue weighted by molar-refractivity contribution is -0.384. The number of allylic oxidation sites excluding steroid dienone is 1. The highest BCUT2D eigenvalue weighted by molar-refractivity contribution is 6.32. The molecule has 1 aromatic rings. The van der Waals surface area contributed by atoms with Crippen LogP contribution < -0.4 is 5.32 Å². The summed E-state index contributed by atoms with van der Waals surface area (Å²) in [5, 5.41) is 14.3. The van der Waals surface area contributed by atoms with E-state index in [1.807, 2.05) is 6.07 Å². The van der Waals surface area contributed by atoms with Crippen LogP contribution in [-0.2, 0) is 6.54 Å². The van der Waals surface area contributed by atoms with E-state index < -0.39 is 4.92 Å². The van der Waals surface area contributed by atoms with E-state index in [2.05, 4.69) is 11.4 Å². The van der Waals surface area contributed by atoms with Crippen LogP contribution in [0.1, 0.15) is 31.2 Å². The predicted molar refractivity (Wildman–Crippen MR) is 76.4 cm³/mol. The van der Waals surface area contributed by atoms with Gasteiger partial charge < -0.3 is 5.32 Å². The Morgan fingerprint density at radius 2 is 2.26 bits per heavy atom. The molecule has 0 fully saturated rings. The molecule has 1 aliphatic carbocycles. The van der Waals surface area contributed by atoms with Crippen LogP contribution in [0.15, 0.2) is 29.8 Å². The molecule has 19 heavy (non-hydrogen) atoms. The van der Waals surface area contributed by atoms with Crippen LogP contribution in [0.2, 0.25) is 5.02 Å². The van der Waals surface area contributed by atoms with Crippen LogP contribution in [-0.4, -0.2) is 11.5 Å². The number of hydrogen-bond donors (Lipinski definition) is 1. The number of hydrogen-bond acceptors (Lipinski definition) is 3. The Labute approximate surface area is 117 Å². The fraction of sp³-hybridized carbons (Fsp3) is 0.429. The van der Waals surface area contributed by atoms with Crippen LogP contribution in [0.3, 0.4) is 0 Å². The number of benzene rings is 1. The summed E-state index contributed by atoms with van der Waals surface area (Å²) in [6.45, 7) is 1.54. The van der Waals surface area contributed by atoms with E-state index in [9.17, 15) is 10.1 Å². The normalized spacial score (nSPS) is 14.5. The molecule has 0 spiro atoms. The van der Waals surface area contributed by atoms with E-state index in [0.717, 1.165) is 18.5 Å². The first-order valence-electron chi connectivity index (χ1n) is 6.48. The standard InChI is InChI=1S/C14H17ClN2O2/c15-13-6-5-12(9-14(13)17(18)19)10-16-8-7-11-3-1-2-4-11/h3,5-6,9,16H,1-2,4,7-8,10H2.